The first-order valence-corrected chi connectivity index (χ1v) is 15.0. The Kier molecular flexibility index (Phi) is 7.30. The third-order valence-corrected chi connectivity index (χ3v) is 8.78. The van der Waals surface area contributed by atoms with Crippen LogP contribution in [-0.4, -0.2) is 38.3 Å². The van der Waals surface area contributed by atoms with Gasteiger partial charge in [0.05, 0.1) is 5.54 Å². The number of halogens is 4. The van der Waals surface area contributed by atoms with Crippen molar-refractivity contribution in [1.29, 1.82) is 0 Å². The molecule has 5 nitrogen and oxygen atoms in total. The van der Waals surface area contributed by atoms with Gasteiger partial charge in [-0.2, -0.15) is 8.42 Å². The second-order valence-corrected chi connectivity index (χ2v) is 12.8. The molecule has 2 unspecified atom stereocenters. The van der Waals surface area contributed by atoms with Gasteiger partial charge in [0.25, 0.3) is 0 Å². The molecular weight excluding hydrogens is 537 g/mol. The molecule has 38 heavy (non-hydrogen) atoms. The number of rotatable bonds is 5. The molecule has 1 heterocycles. The number of fused-ring (bicyclic) bond motifs is 2. The van der Waals surface area contributed by atoms with E-state index in [0.29, 0.717) is 13.1 Å². The van der Waals surface area contributed by atoms with E-state index >= 15 is 0 Å². The molecule has 1 N–H and O–H groups in total. The number of nitrogens with one attached hydrogen (secondary N) is 1. The van der Waals surface area contributed by atoms with Crippen molar-refractivity contribution in [2.24, 2.45) is 5.92 Å². The first-order valence-electron chi connectivity index (χ1n) is 12.7. The zero-order valence-corrected chi connectivity index (χ0v) is 22.5. The van der Waals surface area contributed by atoms with Crippen LogP contribution in [0.4, 0.5) is 13.2 Å². The summed E-state index contributed by atoms with van der Waals surface area (Å²) in [5.41, 5.74) is 4.33. The zero-order chi connectivity index (χ0) is 27.1. The fraction of sp³-hybridized carbons (Fsp3) is 0.429. The third-order valence-electron chi connectivity index (χ3n) is 8.08. The van der Waals surface area contributed by atoms with Crippen LogP contribution in [0.25, 0.3) is 0 Å². The molecule has 1 aliphatic heterocycles. The van der Waals surface area contributed by atoms with Crippen LogP contribution < -0.4 is 4.72 Å². The third kappa shape index (κ3) is 5.75. The summed E-state index contributed by atoms with van der Waals surface area (Å²) < 4.78 is 69.8. The van der Waals surface area contributed by atoms with E-state index in [1.54, 1.807) is 6.92 Å². The Hall–Kier alpha value is -2.49. The van der Waals surface area contributed by atoms with E-state index in [0.717, 1.165) is 31.8 Å². The van der Waals surface area contributed by atoms with Gasteiger partial charge in [-0.25, -0.2) is 0 Å². The van der Waals surface area contributed by atoms with E-state index in [-0.39, 0.29) is 29.7 Å². The summed E-state index contributed by atoms with van der Waals surface area (Å²) >= 11 is 0. The molecule has 0 aromatic heterocycles. The second kappa shape index (κ2) is 10.2. The van der Waals surface area contributed by atoms with Crippen LogP contribution in [-0.2, 0) is 26.8 Å². The van der Waals surface area contributed by atoms with Gasteiger partial charge in [0, 0.05) is 35.3 Å². The maximum atomic E-state index is 13.1. The van der Waals surface area contributed by atoms with Crippen molar-refractivity contribution in [1.82, 2.24) is 9.62 Å². The summed E-state index contributed by atoms with van der Waals surface area (Å²) in [7, 11) is 1.36. The second-order valence-electron chi connectivity index (χ2n) is 10.5. The normalized spacial score (nSPS) is 24.9. The van der Waals surface area contributed by atoms with Crippen molar-refractivity contribution < 1.29 is 26.3 Å². The van der Waals surface area contributed by atoms with E-state index in [9.17, 15) is 21.6 Å². The van der Waals surface area contributed by atoms with Crippen molar-refractivity contribution in [3.8, 4) is 0 Å². The first kappa shape index (κ1) is 27.1. The number of allylic oxidation sites excluding steroid dienone is 2. The number of nitrogens with zero attached hydrogens (tertiary/aromatic N) is 1. The molecule has 204 valence electrons. The first-order chi connectivity index (χ1) is 17.9. The molecular formula is C28H30ClF3N2O3S. The Balaban J connectivity index is 1.51. The van der Waals surface area contributed by atoms with Crippen LogP contribution >= 0.6 is 10.7 Å². The van der Waals surface area contributed by atoms with E-state index < -0.39 is 21.1 Å². The van der Waals surface area contributed by atoms with E-state index in [1.807, 2.05) is 0 Å². The average molecular weight is 567 g/mol. The minimum absolute atomic E-state index is 0.124. The molecule has 2 aromatic rings. The van der Waals surface area contributed by atoms with Gasteiger partial charge < -0.3 is 4.74 Å². The summed E-state index contributed by atoms with van der Waals surface area (Å²) in [5, 5.41) is 0. The number of hydrogen-bond acceptors (Lipinski definition) is 4. The van der Waals surface area contributed by atoms with Crippen LogP contribution in [0, 0.1) is 5.92 Å². The van der Waals surface area contributed by atoms with Crippen molar-refractivity contribution in [2.75, 3.05) is 13.1 Å². The minimum atomic E-state index is -4.84. The predicted molar refractivity (Wildman–Crippen MR) is 141 cm³/mol. The van der Waals surface area contributed by atoms with Crippen LogP contribution in [0.5, 0.6) is 0 Å². The standard InChI is InChI=1S/C28H30ClF3N2O3S/c1-27(17-22(37-28(30,31)32)14-15-25(27)33-38(29,35)36)34-16-6-9-21(18-34)26-23-10-4-2-7-19(23)12-13-20-8-3-5-11-24(20)26/h2-5,7-8,10-11,14-15,21,26,33H,6,9,12-13,16-18H2,1H3. The molecule has 1 fully saturated rings. The maximum Gasteiger partial charge on any atom is 0.572 e. The van der Waals surface area contributed by atoms with Crippen LogP contribution in [0.15, 0.2) is 72.1 Å². The molecule has 0 radical (unpaired) electrons. The minimum Gasteiger partial charge on any atom is -0.410 e. The van der Waals surface area contributed by atoms with E-state index in [1.165, 1.54) is 28.3 Å². The lowest BCUT2D eigenvalue weighted by Gasteiger charge is -2.49. The molecule has 2 atom stereocenters. The molecule has 5 rings (SSSR count). The molecule has 0 saturated carbocycles. The topological polar surface area (TPSA) is 58.6 Å². The fourth-order valence-corrected chi connectivity index (χ4v) is 7.23. The molecule has 0 spiro atoms. The van der Waals surface area contributed by atoms with E-state index in [2.05, 4.69) is 62.9 Å². The summed E-state index contributed by atoms with van der Waals surface area (Å²) in [6.07, 6.45) is 1.15. The number of ether oxygens (including phenoxy) is 1. The van der Waals surface area contributed by atoms with Gasteiger partial charge >= 0.3 is 15.6 Å². The number of alkyl halides is 3. The van der Waals surface area contributed by atoms with Crippen LogP contribution in [0.1, 0.15) is 54.4 Å². The largest absolute Gasteiger partial charge is 0.572 e. The molecule has 2 aromatic carbocycles. The highest BCUT2D eigenvalue weighted by Gasteiger charge is 2.45. The van der Waals surface area contributed by atoms with Gasteiger partial charge in [-0.05, 0) is 79.5 Å². The van der Waals surface area contributed by atoms with Gasteiger partial charge in [-0.1, -0.05) is 48.5 Å². The molecule has 0 amide bonds. The van der Waals surface area contributed by atoms with Crippen LogP contribution in [0.2, 0.25) is 0 Å². The molecule has 2 aliphatic carbocycles. The quantitative estimate of drug-likeness (QED) is 0.440. The van der Waals surface area contributed by atoms with Gasteiger partial charge in [0.2, 0.25) is 0 Å². The summed E-state index contributed by atoms with van der Waals surface area (Å²) in [6, 6.07) is 17.0. The number of hydrogen-bond donors (Lipinski definition) is 1. The van der Waals surface area contributed by atoms with Gasteiger partial charge in [0.15, 0.2) is 0 Å². The summed E-state index contributed by atoms with van der Waals surface area (Å²) in [6.45, 7) is 2.92. The highest BCUT2D eigenvalue weighted by Crippen LogP contribution is 2.45. The maximum absolute atomic E-state index is 13.1. The van der Waals surface area contributed by atoms with Crippen LogP contribution in [0.3, 0.4) is 0 Å². The zero-order valence-electron chi connectivity index (χ0n) is 21.0. The van der Waals surface area contributed by atoms with Crippen molar-refractivity contribution in [2.45, 2.75) is 56.8 Å². The Morgan fingerprint density at radius 3 is 2.21 bits per heavy atom. The Bertz CT molecular complexity index is 1330. The molecule has 1 saturated heterocycles. The van der Waals surface area contributed by atoms with Crippen molar-refractivity contribution in [3.63, 3.8) is 0 Å². The fourth-order valence-electron chi connectivity index (χ4n) is 6.43. The smallest absolute Gasteiger partial charge is 0.410 e. The van der Waals surface area contributed by atoms with Crippen molar-refractivity contribution >= 4 is 19.9 Å². The predicted octanol–water partition coefficient (Wildman–Crippen LogP) is 6.17. The van der Waals surface area contributed by atoms with Gasteiger partial charge in [0.1, 0.15) is 5.76 Å². The molecule has 10 heteroatoms. The summed E-state index contributed by atoms with van der Waals surface area (Å²) in [5.74, 6) is 0.0241. The average Bonchev–Trinajstić information content (AvgIpc) is 3.01. The Morgan fingerprint density at radius 2 is 1.63 bits per heavy atom. The highest BCUT2D eigenvalue weighted by atomic mass is 35.7. The lowest BCUT2D eigenvalue weighted by molar-refractivity contribution is -0.307. The summed E-state index contributed by atoms with van der Waals surface area (Å²) in [4.78, 5) is 2.09. The number of aryl methyl sites for hydroxylation is 2. The van der Waals surface area contributed by atoms with Gasteiger partial charge in [-0.3, -0.25) is 9.62 Å². The van der Waals surface area contributed by atoms with Crippen molar-refractivity contribution in [3.05, 3.63) is 94.4 Å². The molecule has 0 bridgehead atoms. The number of likely N-dealkylation sites (tertiary alicyclic amines) is 1. The lowest BCUT2D eigenvalue weighted by atomic mass is 9.74. The van der Waals surface area contributed by atoms with Gasteiger partial charge in [-0.15, -0.1) is 13.2 Å². The van der Waals surface area contributed by atoms with E-state index in [4.69, 9.17) is 10.7 Å². The lowest BCUT2D eigenvalue weighted by Crippen LogP contribution is -2.56. The monoisotopic (exact) mass is 566 g/mol. The number of piperidine rings is 1. The molecule has 3 aliphatic rings. The Labute approximate surface area is 225 Å². The Morgan fingerprint density at radius 1 is 1.03 bits per heavy atom. The highest BCUT2D eigenvalue weighted by molar-refractivity contribution is 8.12. The SMILES string of the molecule is CC1(N2CCCC(C3c4ccccc4CCc4ccccc43)C2)CC(OC(F)(F)F)=CC=C1NS(=O)(=O)Cl. The number of benzene rings is 2.